The number of esters is 2. The van der Waals surface area contributed by atoms with Gasteiger partial charge in [-0.1, -0.05) is 41.4 Å². The quantitative estimate of drug-likeness (QED) is 0.411. The van der Waals surface area contributed by atoms with Crippen LogP contribution in [0.4, 0.5) is 0 Å². The summed E-state index contributed by atoms with van der Waals surface area (Å²) in [6, 6.07) is 0. The SMILES string of the molecule is CC(=O)OCC(=O)[C@@]1(O)[C@H](OC(C)=O)C[C@H]2[C@@H]3CCC4=CC(=O)C=C[C@]4(C)[C@@]3(Br)[C@@H](O)C[C@@]21C. The Bertz CT molecular complexity index is 1020. The molecular formula is C25H31BrO8. The fourth-order valence-corrected chi connectivity index (χ4v) is 8.41. The van der Waals surface area contributed by atoms with Crippen molar-refractivity contribution in [2.75, 3.05) is 6.61 Å². The highest BCUT2D eigenvalue weighted by atomic mass is 79.9. The van der Waals surface area contributed by atoms with E-state index in [1.165, 1.54) is 19.9 Å². The second kappa shape index (κ2) is 8.10. The van der Waals surface area contributed by atoms with E-state index in [0.717, 1.165) is 5.57 Å². The zero-order valence-corrected chi connectivity index (χ0v) is 21.4. The molecule has 0 heterocycles. The molecule has 0 unspecified atom stereocenters. The Morgan fingerprint density at radius 2 is 1.85 bits per heavy atom. The smallest absolute Gasteiger partial charge is 0.303 e. The van der Waals surface area contributed by atoms with Gasteiger partial charge >= 0.3 is 11.9 Å². The number of ether oxygens (including phenoxy) is 2. The van der Waals surface area contributed by atoms with Crippen LogP contribution >= 0.6 is 15.9 Å². The third-order valence-corrected chi connectivity index (χ3v) is 10.9. The standard InChI is InChI=1S/C25H31BrO8/c1-13(27)33-12-20(31)25(32)21(34-14(2)28)10-18-17-6-5-15-9-16(29)7-8-22(15,3)24(17,26)19(30)11-23(18,25)4/h7-9,17-19,21,30,32H,5-6,10-12H2,1-4H3/t17-,18-,19-,21+,22-,23-,24-,25+/m0/s1. The van der Waals surface area contributed by atoms with Crippen LogP contribution in [0.25, 0.3) is 0 Å². The highest BCUT2D eigenvalue weighted by Gasteiger charge is 2.76. The van der Waals surface area contributed by atoms with E-state index in [1.807, 2.05) is 13.0 Å². The van der Waals surface area contributed by atoms with Crippen molar-refractivity contribution in [1.29, 1.82) is 0 Å². The average Bonchev–Trinajstić information content (AvgIpc) is 2.95. The first kappa shape index (κ1) is 25.3. The first-order valence-corrected chi connectivity index (χ1v) is 12.4. The molecule has 2 N–H and O–H groups in total. The molecule has 3 fully saturated rings. The number of hydrogen-bond acceptors (Lipinski definition) is 8. The van der Waals surface area contributed by atoms with Crippen LogP contribution in [0.2, 0.25) is 0 Å². The number of allylic oxidation sites excluding steroid dienone is 4. The van der Waals surface area contributed by atoms with Crippen LogP contribution in [0, 0.1) is 22.7 Å². The van der Waals surface area contributed by atoms with E-state index in [0.29, 0.717) is 12.8 Å². The first-order valence-electron chi connectivity index (χ1n) is 11.6. The summed E-state index contributed by atoms with van der Waals surface area (Å²) < 4.78 is 9.54. The highest BCUT2D eigenvalue weighted by Crippen LogP contribution is 2.71. The minimum absolute atomic E-state index is 0.0458. The minimum Gasteiger partial charge on any atom is -0.459 e. The van der Waals surface area contributed by atoms with Crippen LogP contribution in [0.3, 0.4) is 0 Å². The first-order chi connectivity index (χ1) is 15.7. The Hall–Kier alpha value is -1.84. The molecule has 0 aliphatic heterocycles. The van der Waals surface area contributed by atoms with Crippen LogP contribution in [-0.4, -0.2) is 62.5 Å². The van der Waals surface area contributed by atoms with Gasteiger partial charge in [-0.25, -0.2) is 0 Å². The number of ketones is 2. The van der Waals surface area contributed by atoms with E-state index in [4.69, 9.17) is 9.47 Å². The summed E-state index contributed by atoms with van der Waals surface area (Å²) in [4.78, 5) is 48.7. The number of halogens is 1. The lowest BCUT2D eigenvalue weighted by Crippen LogP contribution is -2.69. The molecule has 4 aliphatic rings. The second-order valence-electron chi connectivity index (χ2n) is 10.6. The monoisotopic (exact) mass is 538 g/mol. The number of carbonyl (C=O) groups is 4. The van der Waals surface area contributed by atoms with E-state index in [1.54, 1.807) is 13.0 Å². The van der Waals surface area contributed by atoms with Gasteiger partial charge in [-0.2, -0.15) is 0 Å². The molecule has 34 heavy (non-hydrogen) atoms. The van der Waals surface area contributed by atoms with E-state index < -0.39 is 57.3 Å². The molecule has 0 aromatic rings. The number of carbonyl (C=O) groups excluding carboxylic acids is 4. The summed E-state index contributed by atoms with van der Waals surface area (Å²) >= 11 is 3.91. The maximum atomic E-state index is 13.3. The Morgan fingerprint density at radius 1 is 1.18 bits per heavy atom. The predicted octanol–water partition coefficient (Wildman–Crippen LogP) is 2.19. The zero-order valence-electron chi connectivity index (χ0n) is 19.8. The summed E-state index contributed by atoms with van der Waals surface area (Å²) in [5, 5.41) is 23.6. The lowest BCUT2D eigenvalue weighted by molar-refractivity contribution is -0.194. The van der Waals surface area contributed by atoms with Crippen LogP contribution in [0.15, 0.2) is 23.8 Å². The zero-order chi connectivity index (χ0) is 25.3. The Morgan fingerprint density at radius 3 is 2.47 bits per heavy atom. The van der Waals surface area contributed by atoms with E-state index in [2.05, 4.69) is 15.9 Å². The molecule has 0 amide bonds. The Balaban J connectivity index is 1.80. The topological polar surface area (TPSA) is 127 Å². The van der Waals surface area contributed by atoms with Crippen molar-refractivity contribution >= 4 is 39.4 Å². The molecule has 4 rings (SSSR count). The van der Waals surface area contributed by atoms with Gasteiger partial charge in [0.2, 0.25) is 5.78 Å². The van der Waals surface area contributed by atoms with Gasteiger partial charge in [0.1, 0.15) is 6.10 Å². The van der Waals surface area contributed by atoms with Gasteiger partial charge < -0.3 is 19.7 Å². The summed E-state index contributed by atoms with van der Waals surface area (Å²) in [7, 11) is 0. The van der Waals surface area contributed by atoms with E-state index in [-0.39, 0.29) is 30.5 Å². The molecule has 9 heteroatoms. The van der Waals surface area contributed by atoms with E-state index >= 15 is 0 Å². The number of Topliss-reactive ketones (excluding diaryl/α,β-unsaturated/α-hetero) is 1. The van der Waals surface area contributed by atoms with Gasteiger partial charge in [-0.3, -0.25) is 19.2 Å². The fraction of sp³-hybridized carbons (Fsp3) is 0.680. The maximum absolute atomic E-state index is 13.3. The molecule has 186 valence electrons. The van der Waals surface area contributed by atoms with Crippen molar-refractivity contribution in [3.05, 3.63) is 23.8 Å². The molecule has 3 saturated carbocycles. The van der Waals surface area contributed by atoms with E-state index in [9.17, 15) is 29.4 Å². The number of fused-ring (bicyclic) bond motifs is 5. The van der Waals surface area contributed by atoms with Crippen molar-refractivity contribution in [1.82, 2.24) is 0 Å². The summed E-state index contributed by atoms with van der Waals surface area (Å²) in [5.41, 5.74) is -2.99. The molecular weight excluding hydrogens is 508 g/mol. The molecule has 0 radical (unpaired) electrons. The number of aliphatic hydroxyl groups is 2. The van der Waals surface area contributed by atoms with Crippen molar-refractivity contribution < 1.29 is 38.9 Å². The van der Waals surface area contributed by atoms with Crippen molar-refractivity contribution in [3.8, 4) is 0 Å². The molecule has 0 spiro atoms. The van der Waals surface area contributed by atoms with Gasteiger partial charge in [0.25, 0.3) is 0 Å². The van der Waals surface area contributed by atoms with Crippen LogP contribution in [0.5, 0.6) is 0 Å². The van der Waals surface area contributed by atoms with Crippen LogP contribution in [-0.2, 0) is 28.7 Å². The number of hydrogen-bond donors (Lipinski definition) is 2. The summed E-state index contributed by atoms with van der Waals surface area (Å²) in [6.45, 7) is 5.47. The molecule has 0 saturated heterocycles. The van der Waals surface area contributed by atoms with Crippen molar-refractivity contribution in [2.24, 2.45) is 22.7 Å². The van der Waals surface area contributed by atoms with Gasteiger partial charge in [-0.05, 0) is 49.7 Å². The third-order valence-electron chi connectivity index (χ3n) is 8.98. The van der Waals surface area contributed by atoms with Crippen LogP contribution < -0.4 is 0 Å². The summed E-state index contributed by atoms with van der Waals surface area (Å²) in [5.74, 6) is -2.63. The number of aliphatic hydroxyl groups excluding tert-OH is 1. The average molecular weight is 539 g/mol. The predicted molar refractivity (Wildman–Crippen MR) is 124 cm³/mol. The lowest BCUT2D eigenvalue weighted by Gasteiger charge is -2.64. The fourth-order valence-electron chi connectivity index (χ4n) is 7.31. The molecule has 8 atom stereocenters. The minimum atomic E-state index is -2.14. The van der Waals surface area contributed by atoms with Gasteiger partial charge in [0, 0.05) is 24.7 Å². The third kappa shape index (κ3) is 3.23. The van der Waals surface area contributed by atoms with Crippen LogP contribution in [0.1, 0.15) is 53.4 Å². The van der Waals surface area contributed by atoms with Crippen molar-refractivity contribution in [3.63, 3.8) is 0 Å². The van der Waals surface area contributed by atoms with Gasteiger partial charge in [0.15, 0.2) is 18.0 Å². The lowest BCUT2D eigenvalue weighted by atomic mass is 9.46. The number of rotatable bonds is 4. The molecule has 4 aliphatic carbocycles. The molecule has 0 bridgehead atoms. The second-order valence-corrected chi connectivity index (χ2v) is 11.9. The molecule has 0 aromatic carbocycles. The molecule has 8 nitrogen and oxygen atoms in total. The highest BCUT2D eigenvalue weighted by molar-refractivity contribution is 9.10. The number of alkyl halides is 1. The van der Waals surface area contributed by atoms with Gasteiger partial charge in [0.05, 0.1) is 10.4 Å². The summed E-state index contributed by atoms with van der Waals surface area (Å²) in [6.07, 6.45) is 4.38. The maximum Gasteiger partial charge on any atom is 0.303 e. The largest absolute Gasteiger partial charge is 0.459 e. The van der Waals surface area contributed by atoms with Gasteiger partial charge in [-0.15, -0.1) is 0 Å². The Kier molecular flexibility index (Phi) is 6.02. The molecule has 0 aromatic heterocycles. The normalized spacial score (nSPS) is 44.9. The Labute approximate surface area is 206 Å². The van der Waals surface area contributed by atoms with Crippen molar-refractivity contribution in [2.45, 2.75) is 75.5 Å².